The maximum Gasteiger partial charge on any atom is 0.123 e. The van der Waals surface area contributed by atoms with Crippen LogP contribution in [-0.4, -0.2) is 0 Å². The average molecular weight is 866 g/mol. The van der Waals surface area contributed by atoms with Gasteiger partial charge in [-0.1, -0.05) is 184 Å². The fourth-order valence-corrected chi connectivity index (χ4v) is 11.1. The smallest absolute Gasteiger partial charge is 0.123 e. The summed E-state index contributed by atoms with van der Waals surface area (Å²) in [4.78, 5) is 2.33. The predicted molar refractivity (Wildman–Crippen MR) is 272 cm³/mol. The van der Waals surface area contributed by atoms with E-state index in [0.717, 1.165) is 83.8 Å². The number of benzene rings is 10. The molecular formula is C64H45F2N. The molecule has 1 nitrogen and oxygen atoms in total. The number of rotatable bonds is 8. The summed E-state index contributed by atoms with van der Waals surface area (Å²) in [5.74, 6) is -0.701. The molecule has 0 N–H and O–H groups in total. The zero-order valence-electron chi connectivity index (χ0n) is 37.2. The van der Waals surface area contributed by atoms with Gasteiger partial charge >= 0.3 is 0 Å². The van der Waals surface area contributed by atoms with Crippen LogP contribution in [0, 0.1) is 11.6 Å². The highest BCUT2D eigenvalue weighted by Gasteiger charge is 2.47. The largest absolute Gasteiger partial charge is 0.310 e. The zero-order valence-corrected chi connectivity index (χ0v) is 37.2. The van der Waals surface area contributed by atoms with E-state index in [-0.39, 0.29) is 17.0 Å². The molecule has 0 atom stereocenters. The molecule has 0 aromatic heterocycles. The van der Waals surface area contributed by atoms with Crippen molar-refractivity contribution in [2.75, 3.05) is 4.90 Å². The van der Waals surface area contributed by atoms with Crippen LogP contribution in [0.3, 0.4) is 0 Å². The van der Waals surface area contributed by atoms with Crippen molar-refractivity contribution in [2.45, 2.75) is 24.7 Å². The van der Waals surface area contributed by atoms with E-state index >= 15 is 8.78 Å². The van der Waals surface area contributed by atoms with Crippen LogP contribution >= 0.6 is 0 Å². The van der Waals surface area contributed by atoms with Crippen LogP contribution in [0.1, 0.15) is 47.2 Å². The van der Waals surface area contributed by atoms with Gasteiger partial charge in [0.05, 0.1) is 5.41 Å². The summed E-state index contributed by atoms with van der Waals surface area (Å²) < 4.78 is 31.5. The first-order valence-corrected chi connectivity index (χ1v) is 22.9. The van der Waals surface area contributed by atoms with Crippen LogP contribution in [0.4, 0.5) is 25.8 Å². The van der Waals surface area contributed by atoms with Crippen molar-refractivity contribution in [3.63, 3.8) is 0 Å². The molecule has 0 radical (unpaired) electrons. The quantitative estimate of drug-likeness (QED) is 0.147. The fourth-order valence-electron chi connectivity index (χ4n) is 11.1. The van der Waals surface area contributed by atoms with E-state index in [1.165, 1.54) is 34.4 Å². The Bertz CT molecular complexity index is 3450. The molecule has 0 spiro atoms. The Morgan fingerprint density at radius 3 is 1.33 bits per heavy atom. The zero-order chi connectivity index (χ0) is 45.3. The summed E-state index contributed by atoms with van der Waals surface area (Å²) in [7, 11) is 0. The number of anilines is 3. The third-order valence-electron chi connectivity index (χ3n) is 14.3. The monoisotopic (exact) mass is 865 g/mol. The van der Waals surface area contributed by atoms with Crippen LogP contribution in [0.15, 0.2) is 237 Å². The molecule has 10 aromatic carbocycles. The third kappa shape index (κ3) is 6.56. The van der Waals surface area contributed by atoms with Crippen LogP contribution in [-0.2, 0) is 10.8 Å². The van der Waals surface area contributed by atoms with Crippen LogP contribution < -0.4 is 4.90 Å². The Morgan fingerprint density at radius 2 is 0.746 bits per heavy atom. The Balaban J connectivity index is 1.08. The van der Waals surface area contributed by atoms with Gasteiger partial charge in [-0.05, 0) is 156 Å². The first kappa shape index (κ1) is 40.4. The van der Waals surface area contributed by atoms with Gasteiger partial charge in [0.25, 0.3) is 0 Å². The molecule has 0 heterocycles. The van der Waals surface area contributed by atoms with Crippen molar-refractivity contribution in [3.8, 4) is 55.6 Å². The molecule has 2 aliphatic carbocycles. The maximum atomic E-state index is 15.8. The summed E-state index contributed by atoms with van der Waals surface area (Å²) in [5, 5.41) is 0. The summed E-state index contributed by atoms with van der Waals surface area (Å²) in [6, 6.07) is 80.8. The maximum absolute atomic E-state index is 15.8. The van der Waals surface area contributed by atoms with E-state index in [0.29, 0.717) is 0 Å². The number of nitrogens with zero attached hydrogens (tertiary/aromatic N) is 1. The predicted octanol–water partition coefficient (Wildman–Crippen LogP) is 17.1. The molecule has 0 fully saturated rings. The van der Waals surface area contributed by atoms with Gasteiger partial charge in [-0.2, -0.15) is 0 Å². The molecule has 0 unspecified atom stereocenters. The Labute approximate surface area is 390 Å². The average Bonchev–Trinajstić information content (AvgIpc) is 3.79. The summed E-state index contributed by atoms with van der Waals surface area (Å²) in [5.41, 5.74) is 18.9. The molecule has 0 bridgehead atoms. The lowest BCUT2D eigenvalue weighted by molar-refractivity contribution is 0.614. The molecule has 12 rings (SSSR count). The van der Waals surface area contributed by atoms with E-state index in [1.807, 2.05) is 24.3 Å². The molecule has 0 saturated heterocycles. The van der Waals surface area contributed by atoms with Crippen LogP contribution in [0.2, 0.25) is 0 Å². The van der Waals surface area contributed by atoms with Gasteiger partial charge in [0.15, 0.2) is 0 Å². The first-order chi connectivity index (χ1) is 32.8. The second-order valence-electron chi connectivity index (χ2n) is 18.4. The highest BCUT2D eigenvalue weighted by molar-refractivity contribution is 5.92. The minimum Gasteiger partial charge on any atom is -0.310 e. The normalized spacial score (nSPS) is 13.6. The van der Waals surface area contributed by atoms with E-state index in [4.69, 9.17) is 0 Å². The van der Waals surface area contributed by atoms with E-state index in [2.05, 4.69) is 195 Å². The SMILES string of the molecule is CC1(C)c2ccccc2-c2ccc(N(c3ccc(-c4ccccc4)cc3)c3ccc4c(c3)C(c3cccc(F)c3)(c3cccc(F)c3)c3ccc(-c5ccc(-c6ccccc6)cc5)cc3-4)cc21. The summed E-state index contributed by atoms with van der Waals surface area (Å²) in [6.07, 6.45) is 0. The number of hydrogen-bond donors (Lipinski definition) is 0. The molecule has 0 saturated carbocycles. The molecule has 2 aliphatic rings. The van der Waals surface area contributed by atoms with E-state index in [1.54, 1.807) is 24.3 Å². The highest BCUT2D eigenvalue weighted by Crippen LogP contribution is 2.58. The molecule has 0 aliphatic heterocycles. The van der Waals surface area contributed by atoms with Crippen molar-refractivity contribution >= 4 is 17.1 Å². The van der Waals surface area contributed by atoms with Gasteiger partial charge in [-0.3, -0.25) is 0 Å². The number of halogens is 2. The van der Waals surface area contributed by atoms with Crippen molar-refractivity contribution in [1.82, 2.24) is 0 Å². The van der Waals surface area contributed by atoms with Crippen molar-refractivity contribution < 1.29 is 8.78 Å². The fraction of sp³-hybridized carbons (Fsp3) is 0.0625. The second-order valence-corrected chi connectivity index (χ2v) is 18.4. The van der Waals surface area contributed by atoms with Gasteiger partial charge < -0.3 is 4.90 Å². The highest BCUT2D eigenvalue weighted by atomic mass is 19.1. The van der Waals surface area contributed by atoms with E-state index in [9.17, 15) is 0 Å². The first-order valence-electron chi connectivity index (χ1n) is 22.9. The van der Waals surface area contributed by atoms with E-state index < -0.39 is 5.41 Å². The third-order valence-corrected chi connectivity index (χ3v) is 14.3. The van der Waals surface area contributed by atoms with Gasteiger partial charge in [-0.15, -0.1) is 0 Å². The minimum absolute atomic E-state index is 0.214. The topological polar surface area (TPSA) is 3.24 Å². The standard InChI is InChI=1S/C64H45F2N/c1-63(2)59-22-10-9-21-55(59)56-34-32-53(40-61(56)63)67(52-30-27-45(28-31-52)43-15-7-4-8-16-43)54-33-35-57-58-37-47(46-25-23-44(24-26-46)42-13-5-3-6-14-42)29-36-60(58)64(62(57)41-54,48-17-11-19-50(65)38-48)49-18-12-20-51(66)39-49/h3-41H,1-2H3. The number of fused-ring (bicyclic) bond motifs is 6. The molecule has 320 valence electrons. The summed E-state index contributed by atoms with van der Waals surface area (Å²) >= 11 is 0. The molecule has 10 aromatic rings. The summed E-state index contributed by atoms with van der Waals surface area (Å²) in [6.45, 7) is 4.62. The Hall–Kier alpha value is -8.14. The Kier molecular flexibility index (Phi) is 9.51. The molecule has 67 heavy (non-hydrogen) atoms. The second kappa shape index (κ2) is 15.8. The van der Waals surface area contributed by atoms with Crippen LogP contribution in [0.25, 0.3) is 55.6 Å². The molecule has 0 amide bonds. The van der Waals surface area contributed by atoms with Gasteiger partial charge in [0.2, 0.25) is 0 Å². The van der Waals surface area contributed by atoms with Crippen molar-refractivity contribution in [2.24, 2.45) is 0 Å². The Morgan fingerprint density at radius 1 is 0.299 bits per heavy atom. The lowest BCUT2D eigenvalue weighted by atomic mass is 9.67. The molecular weight excluding hydrogens is 821 g/mol. The lowest BCUT2D eigenvalue weighted by Gasteiger charge is -2.35. The van der Waals surface area contributed by atoms with Crippen molar-refractivity contribution in [3.05, 3.63) is 282 Å². The van der Waals surface area contributed by atoms with Gasteiger partial charge in [0.1, 0.15) is 11.6 Å². The minimum atomic E-state index is -1.06. The van der Waals surface area contributed by atoms with Gasteiger partial charge in [-0.25, -0.2) is 8.78 Å². The molecule has 3 heteroatoms. The lowest BCUT2D eigenvalue weighted by Crippen LogP contribution is -2.29. The number of hydrogen-bond acceptors (Lipinski definition) is 1. The van der Waals surface area contributed by atoms with Crippen LogP contribution in [0.5, 0.6) is 0 Å². The van der Waals surface area contributed by atoms with Crippen molar-refractivity contribution in [1.29, 1.82) is 0 Å². The van der Waals surface area contributed by atoms with Gasteiger partial charge in [0, 0.05) is 22.5 Å².